The number of rotatable bonds is 5. The van der Waals surface area contributed by atoms with Gasteiger partial charge in [-0.05, 0) is 0 Å². The molecular weight excluding hydrogens is 190 g/mol. The van der Waals surface area contributed by atoms with Crippen LogP contribution in [0, 0.1) is 0 Å². The molecule has 0 aliphatic carbocycles. The molecule has 11 heavy (non-hydrogen) atoms. The molecule has 0 aromatic heterocycles. The van der Waals surface area contributed by atoms with E-state index in [0.717, 1.165) is 0 Å². The van der Waals surface area contributed by atoms with E-state index >= 15 is 0 Å². The number of hydrogen-bond acceptors (Lipinski definition) is 3. The molecule has 0 spiro atoms. The third kappa shape index (κ3) is 6.12. The minimum Gasteiger partial charge on any atom is -0.370 e. The molecule has 0 heterocycles. The Hall–Kier alpha value is -0.290. The van der Waals surface area contributed by atoms with Crippen molar-refractivity contribution in [3.05, 3.63) is 0 Å². The van der Waals surface area contributed by atoms with Crippen LogP contribution in [-0.2, 0) is 14.6 Å². The Labute approximate surface area is 70.6 Å². The largest absolute Gasteiger partial charge is 0.370 e. The number of amides is 1. The maximum absolute atomic E-state index is 10.8. The Bertz CT molecular complexity index is 224. The monoisotopic (exact) mass is 199 g/mol. The second-order valence-corrected chi connectivity index (χ2v) is 4.74. The van der Waals surface area contributed by atoms with Gasteiger partial charge in [-0.25, -0.2) is 8.42 Å². The molecule has 0 saturated carbocycles. The zero-order valence-corrected chi connectivity index (χ0v) is 7.49. The summed E-state index contributed by atoms with van der Waals surface area (Å²) in [6, 6.07) is 0. The van der Waals surface area contributed by atoms with Gasteiger partial charge in [0.1, 0.15) is 0 Å². The summed E-state index contributed by atoms with van der Waals surface area (Å²) < 4.78 is 21.7. The highest BCUT2D eigenvalue weighted by Crippen LogP contribution is 1.94. The van der Waals surface area contributed by atoms with Crippen molar-refractivity contribution in [3.8, 4) is 0 Å². The molecule has 0 radical (unpaired) electrons. The van der Waals surface area contributed by atoms with Crippen LogP contribution in [0.3, 0.4) is 0 Å². The van der Waals surface area contributed by atoms with E-state index in [1.165, 1.54) is 0 Å². The van der Waals surface area contributed by atoms with Crippen LogP contribution in [0.25, 0.3) is 0 Å². The summed E-state index contributed by atoms with van der Waals surface area (Å²) in [4.78, 5) is 10.2. The lowest BCUT2D eigenvalue weighted by molar-refractivity contribution is -0.117. The van der Waals surface area contributed by atoms with Crippen molar-refractivity contribution in [2.24, 2.45) is 5.73 Å². The topological polar surface area (TPSA) is 77.2 Å². The Morgan fingerprint density at radius 3 is 2.27 bits per heavy atom. The number of sulfone groups is 1. The summed E-state index contributed by atoms with van der Waals surface area (Å²) >= 11 is 5.21. The Balaban J connectivity index is 3.84. The smallest absolute Gasteiger partial charge is 0.218 e. The molecule has 1 amide bonds. The maximum Gasteiger partial charge on any atom is 0.218 e. The van der Waals surface area contributed by atoms with Crippen molar-refractivity contribution in [3.63, 3.8) is 0 Å². The lowest BCUT2D eigenvalue weighted by Gasteiger charge is -1.97. The van der Waals surface area contributed by atoms with Crippen molar-refractivity contribution < 1.29 is 13.2 Å². The van der Waals surface area contributed by atoms with Crippen molar-refractivity contribution in [2.75, 3.05) is 17.4 Å². The predicted molar refractivity (Wildman–Crippen MR) is 43.2 cm³/mol. The van der Waals surface area contributed by atoms with E-state index in [0.29, 0.717) is 0 Å². The zero-order valence-electron chi connectivity index (χ0n) is 5.92. The second kappa shape index (κ2) is 4.56. The first-order chi connectivity index (χ1) is 4.98. The van der Waals surface area contributed by atoms with E-state index in [4.69, 9.17) is 17.3 Å². The van der Waals surface area contributed by atoms with Crippen LogP contribution in [0.5, 0.6) is 0 Å². The minimum absolute atomic E-state index is 0.0566. The number of hydrogen-bond donors (Lipinski definition) is 1. The molecule has 0 saturated heterocycles. The van der Waals surface area contributed by atoms with E-state index in [1.54, 1.807) is 0 Å². The lowest BCUT2D eigenvalue weighted by Crippen LogP contribution is -2.19. The quantitative estimate of drug-likeness (QED) is 0.608. The van der Waals surface area contributed by atoms with Crippen molar-refractivity contribution in [1.82, 2.24) is 0 Å². The molecule has 0 rings (SSSR count). The summed E-state index contributed by atoms with van der Waals surface area (Å²) in [5.74, 6) is -0.846. The van der Waals surface area contributed by atoms with Crippen LogP contribution in [0.15, 0.2) is 0 Å². The molecule has 0 aliphatic heterocycles. The van der Waals surface area contributed by atoms with Crippen LogP contribution in [0.2, 0.25) is 0 Å². The van der Waals surface area contributed by atoms with Gasteiger partial charge in [0, 0.05) is 12.3 Å². The number of alkyl halides is 1. The highest BCUT2D eigenvalue weighted by atomic mass is 35.5. The van der Waals surface area contributed by atoms with Gasteiger partial charge >= 0.3 is 0 Å². The highest BCUT2D eigenvalue weighted by Gasteiger charge is 2.10. The van der Waals surface area contributed by atoms with Crippen molar-refractivity contribution in [2.45, 2.75) is 6.42 Å². The van der Waals surface area contributed by atoms with Crippen molar-refractivity contribution in [1.29, 1.82) is 0 Å². The molecule has 0 unspecified atom stereocenters. The molecule has 4 nitrogen and oxygen atoms in total. The number of carbonyl (C=O) groups is 1. The number of primary amides is 1. The van der Waals surface area contributed by atoms with E-state index < -0.39 is 15.7 Å². The highest BCUT2D eigenvalue weighted by molar-refractivity contribution is 7.91. The second-order valence-electron chi connectivity index (χ2n) is 2.06. The Kier molecular flexibility index (Phi) is 4.44. The fourth-order valence-electron chi connectivity index (χ4n) is 0.476. The van der Waals surface area contributed by atoms with E-state index in [1.807, 2.05) is 0 Å². The SMILES string of the molecule is NC(=O)CCS(=O)(=O)CCCl. The normalized spacial score (nSPS) is 11.4. The fraction of sp³-hybridized carbons (Fsp3) is 0.800. The molecule has 6 heteroatoms. The van der Waals surface area contributed by atoms with Crippen molar-refractivity contribution >= 4 is 27.3 Å². The zero-order chi connectivity index (χ0) is 8.91. The summed E-state index contributed by atoms with van der Waals surface area (Å²) in [5, 5.41) is 0. The lowest BCUT2D eigenvalue weighted by atomic mass is 10.5. The number of halogens is 1. The first-order valence-corrected chi connectivity index (χ1v) is 5.38. The summed E-state index contributed by atoms with van der Waals surface area (Å²) in [6.45, 7) is 0. The van der Waals surface area contributed by atoms with Gasteiger partial charge in [-0.2, -0.15) is 0 Å². The van der Waals surface area contributed by atoms with E-state index in [-0.39, 0.29) is 23.8 Å². The van der Waals surface area contributed by atoms with Gasteiger partial charge in [0.15, 0.2) is 9.84 Å². The van der Waals surface area contributed by atoms with Crippen LogP contribution >= 0.6 is 11.6 Å². The van der Waals surface area contributed by atoms with Crippen LogP contribution in [0.1, 0.15) is 6.42 Å². The molecule has 0 aromatic rings. The fourth-order valence-corrected chi connectivity index (χ4v) is 2.13. The third-order valence-electron chi connectivity index (χ3n) is 1.05. The average molecular weight is 200 g/mol. The molecule has 0 fully saturated rings. The van der Waals surface area contributed by atoms with Crippen LogP contribution in [0.4, 0.5) is 0 Å². The van der Waals surface area contributed by atoms with Crippen LogP contribution < -0.4 is 5.73 Å². The molecular formula is C5H10ClNO3S. The molecule has 0 bridgehead atoms. The average Bonchev–Trinajstić information content (AvgIpc) is 1.84. The number of nitrogens with two attached hydrogens (primary N) is 1. The van der Waals surface area contributed by atoms with Gasteiger partial charge in [-0.1, -0.05) is 0 Å². The van der Waals surface area contributed by atoms with E-state index in [9.17, 15) is 13.2 Å². The first-order valence-electron chi connectivity index (χ1n) is 3.02. The standard InChI is InChI=1S/C5H10ClNO3S/c6-2-4-11(9,10)3-1-5(7)8/h1-4H2,(H2,7,8). The van der Waals surface area contributed by atoms with Gasteiger partial charge < -0.3 is 5.73 Å². The van der Waals surface area contributed by atoms with Gasteiger partial charge in [-0.15, -0.1) is 11.6 Å². The van der Waals surface area contributed by atoms with Gasteiger partial charge in [0.25, 0.3) is 0 Å². The molecule has 66 valence electrons. The predicted octanol–water partition coefficient (Wildman–Crippen LogP) is -0.485. The molecule has 0 aliphatic rings. The van der Waals surface area contributed by atoms with Gasteiger partial charge in [-0.3, -0.25) is 4.79 Å². The first kappa shape index (κ1) is 10.7. The van der Waals surface area contributed by atoms with Gasteiger partial charge in [0.2, 0.25) is 5.91 Å². The van der Waals surface area contributed by atoms with E-state index in [2.05, 4.69) is 0 Å². The summed E-state index contributed by atoms with van der Waals surface area (Å²) in [5.41, 5.74) is 4.76. The summed E-state index contributed by atoms with van der Waals surface area (Å²) in [6.07, 6.45) is -0.126. The molecule has 0 atom stereocenters. The third-order valence-corrected chi connectivity index (χ3v) is 3.11. The minimum atomic E-state index is -3.16. The Morgan fingerprint density at radius 1 is 1.36 bits per heavy atom. The Morgan fingerprint density at radius 2 is 1.91 bits per heavy atom. The molecule has 2 N–H and O–H groups in total. The molecule has 0 aromatic carbocycles. The van der Waals surface area contributed by atoms with Crippen LogP contribution in [-0.4, -0.2) is 31.7 Å². The van der Waals surface area contributed by atoms with Gasteiger partial charge in [0.05, 0.1) is 11.5 Å². The number of carbonyl (C=O) groups excluding carboxylic acids is 1. The maximum atomic E-state index is 10.8. The summed E-state index contributed by atoms with van der Waals surface area (Å²) in [7, 11) is -3.16.